The molecule has 43 heavy (non-hydrogen) atoms. The second-order valence-corrected chi connectivity index (χ2v) is 12.1. The normalized spacial score (nSPS) is 14.9. The number of benzene rings is 4. The van der Waals surface area contributed by atoms with Crippen LogP contribution in [0.15, 0.2) is 139 Å². The van der Waals surface area contributed by atoms with Crippen LogP contribution >= 0.6 is 0 Å². The van der Waals surface area contributed by atoms with Crippen LogP contribution in [0.2, 0.25) is 0 Å². The van der Waals surface area contributed by atoms with Gasteiger partial charge in [-0.3, -0.25) is 0 Å². The van der Waals surface area contributed by atoms with E-state index >= 15 is 0 Å². The maximum atomic E-state index is 12.3. The van der Waals surface area contributed by atoms with Crippen molar-refractivity contribution in [3.05, 3.63) is 150 Å². The summed E-state index contributed by atoms with van der Waals surface area (Å²) in [5, 5.41) is 0. The third-order valence-electron chi connectivity index (χ3n) is 6.40. The van der Waals surface area contributed by atoms with Crippen molar-refractivity contribution in [2.75, 3.05) is 0 Å². The summed E-state index contributed by atoms with van der Waals surface area (Å²) in [5.74, 6) is 0.505. The minimum atomic E-state index is -4.30. The number of hydrogen-bond acceptors (Lipinski definition) is 8. The van der Waals surface area contributed by atoms with Gasteiger partial charge in [-0.2, -0.15) is 0 Å². The molecule has 0 amide bonds. The Labute approximate surface area is 251 Å². The summed E-state index contributed by atoms with van der Waals surface area (Å²) >= 11 is 0. The molecular formula is C33H28O8S2. The van der Waals surface area contributed by atoms with Crippen molar-refractivity contribution in [2.45, 2.75) is 19.8 Å². The van der Waals surface area contributed by atoms with Gasteiger partial charge in [0, 0.05) is 5.92 Å². The van der Waals surface area contributed by atoms with Gasteiger partial charge < -0.3 is 16.7 Å². The fourth-order valence-electron chi connectivity index (χ4n) is 4.43. The van der Waals surface area contributed by atoms with Crippen LogP contribution in [0.5, 0.6) is 23.0 Å². The predicted molar refractivity (Wildman–Crippen MR) is 164 cm³/mol. The van der Waals surface area contributed by atoms with Gasteiger partial charge in [-0.1, -0.05) is 84.5 Å². The van der Waals surface area contributed by atoms with Crippen molar-refractivity contribution in [1.82, 2.24) is 0 Å². The Bertz CT molecular complexity index is 1870. The smallest absolute Gasteiger partial charge is 0.353 e. The predicted octanol–water partition coefficient (Wildman–Crippen LogP) is 7.17. The maximum absolute atomic E-state index is 12.3. The summed E-state index contributed by atoms with van der Waals surface area (Å²) in [7, 11) is -8.59. The van der Waals surface area contributed by atoms with E-state index in [2.05, 4.69) is 12.2 Å². The van der Waals surface area contributed by atoms with Crippen molar-refractivity contribution < 1.29 is 33.6 Å². The molecule has 0 aromatic heterocycles. The molecule has 0 bridgehead atoms. The second kappa shape index (κ2) is 12.6. The average molecular weight is 617 g/mol. The lowest BCUT2D eigenvalue weighted by Gasteiger charge is -2.22. The summed E-state index contributed by atoms with van der Waals surface area (Å²) in [6.45, 7) is 4.05. The van der Waals surface area contributed by atoms with E-state index in [1.165, 1.54) is 24.3 Å². The molecule has 0 spiro atoms. The third kappa shape index (κ3) is 7.94. The van der Waals surface area contributed by atoms with E-state index < -0.39 is 20.8 Å². The van der Waals surface area contributed by atoms with Gasteiger partial charge in [0.25, 0.3) is 0 Å². The Hall–Kier alpha value is -4.80. The van der Waals surface area contributed by atoms with E-state index in [0.717, 1.165) is 27.8 Å². The fourth-order valence-corrected chi connectivity index (χ4v) is 5.88. The van der Waals surface area contributed by atoms with Crippen LogP contribution in [-0.2, 0) is 20.8 Å². The quantitative estimate of drug-likeness (QED) is 0.185. The molecule has 4 aromatic rings. The van der Waals surface area contributed by atoms with Crippen molar-refractivity contribution in [3.63, 3.8) is 0 Å². The van der Waals surface area contributed by atoms with E-state index in [0.29, 0.717) is 0 Å². The first-order valence-electron chi connectivity index (χ1n) is 13.2. The molecule has 8 nitrogen and oxygen atoms in total. The number of allylic oxidation sites excluding steroid dienone is 6. The molecule has 0 aliphatic heterocycles. The molecule has 0 heterocycles. The third-order valence-corrected chi connectivity index (χ3v) is 7.98. The van der Waals surface area contributed by atoms with Crippen molar-refractivity contribution in [2.24, 2.45) is 0 Å². The first-order valence-corrected chi connectivity index (χ1v) is 15.9. The van der Waals surface area contributed by atoms with Gasteiger partial charge in [-0.25, -0.2) is 0 Å². The van der Waals surface area contributed by atoms with Crippen molar-refractivity contribution >= 4 is 26.4 Å². The summed E-state index contributed by atoms with van der Waals surface area (Å²) in [6, 6.07) is 29.7. The standard InChI is InChI=1S/C33H28O8S2/c1-24(2)33-23-27(25-13-18-30(19-14-25)40-42(34,35)38-28-9-5-3-6-10-28)17-22-32(33)26-15-20-31(21-16-26)41-43(36,37)39-29-11-7-4-8-12-29/h3-23,32H,1-2H3. The highest BCUT2D eigenvalue weighted by atomic mass is 32.3. The Morgan fingerprint density at radius 3 is 1.42 bits per heavy atom. The first-order chi connectivity index (χ1) is 20.6. The number of rotatable bonds is 10. The Kier molecular flexibility index (Phi) is 8.70. The zero-order valence-corrected chi connectivity index (χ0v) is 24.9. The molecule has 1 unspecified atom stereocenters. The number of hydrogen-bond donors (Lipinski definition) is 0. The van der Waals surface area contributed by atoms with Crippen LogP contribution in [0.1, 0.15) is 30.9 Å². The second-order valence-electron chi connectivity index (χ2n) is 9.76. The summed E-state index contributed by atoms with van der Waals surface area (Å²) < 4.78 is 69.4. The molecule has 1 atom stereocenters. The van der Waals surface area contributed by atoms with Gasteiger partial charge in [0.2, 0.25) is 0 Å². The molecule has 10 heteroatoms. The van der Waals surface area contributed by atoms with E-state index in [9.17, 15) is 16.8 Å². The Morgan fingerprint density at radius 2 is 0.977 bits per heavy atom. The SMILES string of the molecule is CC(C)=C1C=C(c2ccc(OS(=O)(=O)Oc3ccccc3)cc2)C=CC1c1ccc(OS(=O)(=O)Oc2ccccc2)cc1. The topological polar surface area (TPSA) is 105 Å². The molecule has 0 saturated heterocycles. The van der Waals surface area contributed by atoms with E-state index in [1.54, 1.807) is 72.8 Å². The van der Waals surface area contributed by atoms with Crippen LogP contribution < -0.4 is 16.7 Å². The highest BCUT2D eigenvalue weighted by Crippen LogP contribution is 2.37. The van der Waals surface area contributed by atoms with Gasteiger partial charge in [0.05, 0.1) is 0 Å². The molecule has 1 aliphatic carbocycles. The summed E-state index contributed by atoms with van der Waals surface area (Å²) in [6.07, 6.45) is 6.13. The van der Waals surface area contributed by atoms with Crippen LogP contribution in [-0.4, -0.2) is 16.8 Å². The van der Waals surface area contributed by atoms with Crippen LogP contribution in [0.4, 0.5) is 0 Å². The highest BCUT2D eigenvalue weighted by molar-refractivity contribution is 7.82. The largest absolute Gasteiger partial charge is 0.500 e. The van der Waals surface area contributed by atoms with Gasteiger partial charge in [-0.15, -0.1) is 16.8 Å². The molecule has 4 aromatic carbocycles. The molecule has 0 saturated carbocycles. The van der Waals surface area contributed by atoms with Gasteiger partial charge in [0.15, 0.2) is 0 Å². The molecular weight excluding hydrogens is 588 g/mol. The average Bonchev–Trinajstić information content (AvgIpc) is 2.98. The molecule has 0 radical (unpaired) electrons. The van der Waals surface area contributed by atoms with Crippen LogP contribution in [0.25, 0.3) is 5.57 Å². The Morgan fingerprint density at radius 1 is 0.558 bits per heavy atom. The van der Waals surface area contributed by atoms with Crippen molar-refractivity contribution in [1.29, 1.82) is 0 Å². The van der Waals surface area contributed by atoms with Gasteiger partial charge in [0.1, 0.15) is 23.0 Å². The van der Waals surface area contributed by atoms with Gasteiger partial charge in [-0.05, 0) is 84.7 Å². The molecule has 220 valence electrons. The van der Waals surface area contributed by atoms with Crippen LogP contribution in [0, 0.1) is 0 Å². The fraction of sp³-hybridized carbons (Fsp3) is 0.0909. The van der Waals surface area contributed by atoms with E-state index in [4.69, 9.17) is 16.7 Å². The summed E-state index contributed by atoms with van der Waals surface area (Å²) in [4.78, 5) is 0. The van der Waals surface area contributed by atoms with Crippen molar-refractivity contribution in [3.8, 4) is 23.0 Å². The van der Waals surface area contributed by atoms with E-state index in [1.807, 2.05) is 32.1 Å². The number of para-hydroxylation sites is 2. The zero-order chi connectivity index (χ0) is 30.5. The van der Waals surface area contributed by atoms with Gasteiger partial charge >= 0.3 is 20.8 Å². The molecule has 1 aliphatic rings. The minimum Gasteiger partial charge on any atom is -0.353 e. The Balaban J connectivity index is 1.26. The molecule has 0 fully saturated rings. The minimum absolute atomic E-state index is 0.0668. The van der Waals surface area contributed by atoms with Crippen LogP contribution in [0.3, 0.4) is 0 Å². The first kappa shape index (κ1) is 29.7. The molecule has 0 N–H and O–H groups in total. The lowest BCUT2D eigenvalue weighted by atomic mass is 9.82. The zero-order valence-electron chi connectivity index (χ0n) is 23.3. The summed E-state index contributed by atoms with van der Waals surface area (Å²) in [5.41, 5.74) is 4.94. The monoisotopic (exact) mass is 616 g/mol. The molecule has 5 rings (SSSR count). The maximum Gasteiger partial charge on any atom is 0.500 e. The lowest BCUT2D eigenvalue weighted by molar-refractivity contribution is 0.390. The van der Waals surface area contributed by atoms with E-state index in [-0.39, 0.29) is 28.9 Å². The highest BCUT2D eigenvalue weighted by Gasteiger charge is 2.21. The lowest BCUT2D eigenvalue weighted by Crippen LogP contribution is -2.16.